The van der Waals surface area contributed by atoms with E-state index in [0.29, 0.717) is 25.9 Å². The van der Waals surface area contributed by atoms with Gasteiger partial charge in [-0.2, -0.15) is 0 Å². The second kappa shape index (κ2) is 11.1. The number of aliphatic hydroxyl groups excluding tert-OH is 2. The van der Waals surface area contributed by atoms with Gasteiger partial charge in [-0.1, -0.05) is 37.3 Å². The van der Waals surface area contributed by atoms with Crippen molar-refractivity contribution in [3.8, 4) is 0 Å². The molecule has 3 rings (SSSR count). The van der Waals surface area contributed by atoms with Gasteiger partial charge >= 0.3 is 5.97 Å². The molecule has 0 radical (unpaired) electrons. The third-order valence-corrected chi connectivity index (χ3v) is 6.51. The van der Waals surface area contributed by atoms with Crippen LogP contribution in [0.4, 0.5) is 0 Å². The van der Waals surface area contributed by atoms with Crippen molar-refractivity contribution in [2.45, 2.75) is 89.1 Å². The summed E-state index contributed by atoms with van der Waals surface area (Å²) in [5.74, 6) is 0.281. The SMILES string of the molecule is CCCC(=O)OC1CCC2C(CC(O)C2CC[C@@H](O)CCc2ccccc2)OC1. The monoisotopic (exact) mass is 404 g/mol. The highest BCUT2D eigenvalue weighted by molar-refractivity contribution is 5.69. The molecule has 2 fully saturated rings. The summed E-state index contributed by atoms with van der Waals surface area (Å²) in [5, 5.41) is 21.0. The zero-order chi connectivity index (χ0) is 20.6. The molecule has 1 saturated carbocycles. The van der Waals surface area contributed by atoms with Gasteiger partial charge in [0.1, 0.15) is 6.10 Å². The van der Waals surface area contributed by atoms with Crippen LogP contribution in [-0.4, -0.2) is 47.2 Å². The van der Waals surface area contributed by atoms with E-state index in [2.05, 4.69) is 12.1 Å². The summed E-state index contributed by atoms with van der Waals surface area (Å²) >= 11 is 0. The third-order valence-electron chi connectivity index (χ3n) is 6.51. The lowest BCUT2D eigenvalue weighted by molar-refractivity contribution is -0.152. The lowest BCUT2D eigenvalue weighted by Crippen LogP contribution is -2.24. The summed E-state index contributed by atoms with van der Waals surface area (Å²) in [6, 6.07) is 10.2. The molecule has 1 aliphatic carbocycles. The molecule has 6 atom stereocenters. The molecular weight excluding hydrogens is 368 g/mol. The highest BCUT2D eigenvalue weighted by atomic mass is 16.6. The van der Waals surface area contributed by atoms with Crippen LogP contribution >= 0.6 is 0 Å². The number of esters is 1. The maximum atomic E-state index is 11.8. The molecule has 0 bridgehead atoms. The molecule has 0 amide bonds. The van der Waals surface area contributed by atoms with Crippen molar-refractivity contribution in [1.29, 1.82) is 0 Å². The first-order valence-corrected chi connectivity index (χ1v) is 11.3. The van der Waals surface area contributed by atoms with Crippen LogP contribution < -0.4 is 0 Å². The number of fused-ring (bicyclic) bond motifs is 1. The second-order valence-corrected chi connectivity index (χ2v) is 8.70. The van der Waals surface area contributed by atoms with Gasteiger partial charge in [0.2, 0.25) is 0 Å². The van der Waals surface area contributed by atoms with E-state index in [1.54, 1.807) is 0 Å². The molecule has 0 aromatic heterocycles. The van der Waals surface area contributed by atoms with Crippen molar-refractivity contribution in [3.63, 3.8) is 0 Å². The van der Waals surface area contributed by atoms with Gasteiger partial charge in [0.25, 0.3) is 0 Å². The van der Waals surface area contributed by atoms with E-state index in [9.17, 15) is 15.0 Å². The molecule has 1 saturated heterocycles. The highest BCUT2D eigenvalue weighted by Gasteiger charge is 2.44. The normalized spacial score (nSPS) is 30.4. The summed E-state index contributed by atoms with van der Waals surface area (Å²) in [5.41, 5.74) is 1.24. The van der Waals surface area contributed by atoms with E-state index < -0.39 is 0 Å². The van der Waals surface area contributed by atoms with Crippen LogP contribution in [0, 0.1) is 11.8 Å². The maximum absolute atomic E-state index is 11.8. The quantitative estimate of drug-likeness (QED) is 0.615. The van der Waals surface area contributed by atoms with Crippen molar-refractivity contribution in [2.24, 2.45) is 11.8 Å². The van der Waals surface area contributed by atoms with Gasteiger partial charge < -0.3 is 19.7 Å². The largest absolute Gasteiger partial charge is 0.460 e. The van der Waals surface area contributed by atoms with Gasteiger partial charge in [-0.3, -0.25) is 4.79 Å². The molecule has 2 N–H and O–H groups in total. The molecule has 5 unspecified atom stereocenters. The molecule has 2 aliphatic rings. The van der Waals surface area contributed by atoms with Crippen molar-refractivity contribution in [3.05, 3.63) is 35.9 Å². The zero-order valence-corrected chi connectivity index (χ0v) is 17.5. The number of hydrogen-bond acceptors (Lipinski definition) is 5. The first-order valence-electron chi connectivity index (χ1n) is 11.3. The van der Waals surface area contributed by atoms with Crippen LogP contribution in [0.15, 0.2) is 30.3 Å². The number of carbonyl (C=O) groups excluding carboxylic acids is 1. The molecular formula is C24H36O5. The second-order valence-electron chi connectivity index (χ2n) is 8.70. The first kappa shape index (κ1) is 22.3. The molecule has 1 aromatic carbocycles. The Morgan fingerprint density at radius 3 is 2.79 bits per heavy atom. The van der Waals surface area contributed by atoms with Crippen LogP contribution in [-0.2, 0) is 20.7 Å². The van der Waals surface area contributed by atoms with E-state index in [0.717, 1.165) is 38.5 Å². The van der Waals surface area contributed by atoms with E-state index in [4.69, 9.17) is 9.47 Å². The Balaban J connectivity index is 1.45. The number of aryl methyl sites for hydroxylation is 1. The minimum absolute atomic E-state index is 0.0336. The van der Waals surface area contributed by atoms with Crippen LogP contribution in [0.2, 0.25) is 0 Å². The van der Waals surface area contributed by atoms with Crippen molar-refractivity contribution in [2.75, 3.05) is 6.61 Å². The number of aliphatic hydroxyl groups is 2. The zero-order valence-electron chi connectivity index (χ0n) is 17.5. The minimum atomic E-state index is -0.370. The van der Waals surface area contributed by atoms with Gasteiger partial charge in [0.15, 0.2) is 0 Å². The average Bonchev–Trinajstić information content (AvgIpc) is 2.88. The van der Waals surface area contributed by atoms with E-state index in [1.807, 2.05) is 25.1 Å². The number of carbonyl (C=O) groups is 1. The van der Waals surface area contributed by atoms with Gasteiger partial charge in [-0.15, -0.1) is 0 Å². The Morgan fingerprint density at radius 1 is 1.24 bits per heavy atom. The van der Waals surface area contributed by atoms with E-state index in [-0.39, 0.29) is 42.2 Å². The Kier molecular flexibility index (Phi) is 8.52. The lowest BCUT2D eigenvalue weighted by Gasteiger charge is -2.24. The molecule has 1 heterocycles. The Labute approximate surface area is 174 Å². The number of hydrogen-bond donors (Lipinski definition) is 2. The standard InChI is InChI=1S/C24H36O5/c1-2-6-24(27)29-19-12-14-21-20(22(26)15-23(21)28-16-19)13-11-18(25)10-9-17-7-4-3-5-8-17/h3-5,7-8,18-23,25-26H,2,6,9-16H2,1H3/t18-,19?,20?,21?,22?,23?/m0/s1. The number of benzene rings is 1. The summed E-state index contributed by atoms with van der Waals surface area (Å²) in [6.45, 7) is 2.39. The average molecular weight is 405 g/mol. The first-order chi connectivity index (χ1) is 14.1. The summed E-state index contributed by atoms with van der Waals surface area (Å²) in [6.07, 6.45) is 5.83. The maximum Gasteiger partial charge on any atom is 0.306 e. The van der Waals surface area contributed by atoms with Crippen LogP contribution in [0.5, 0.6) is 0 Å². The van der Waals surface area contributed by atoms with Gasteiger partial charge in [0.05, 0.1) is 24.9 Å². The fourth-order valence-corrected chi connectivity index (χ4v) is 4.89. The molecule has 5 heteroatoms. The summed E-state index contributed by atoms with van der Waals surface area (Å²) in [7, 11) is 0. The molecule has 0 spiro atoms. The summed E-state index contributed by atoms with van der Waals surface area (Å²) < 4.78 is 11.6. The van der Waals surface area contributed by atoms with Gasteiger partial charge in [-0.05, 0) is 62.3 Å². The molecule has 5 nitrogen and oxygen atoms in total. The van der Waals surface area contributed by atoms with Gasteiger partial charge in [0, 0.05) is 12.8 Å². The third kappa shape index (κ3) is 6.53. The fraction of sp³-hybridized carbons (Fsp3) is 0.708. The predicted molar refractivity (Wildman–Crippen MR) is 111 cm³/mol. The van der Waals surface area contributed by atoms with Crippen LogP contribution in [0.25, 0.3) is 0 Å². The van der Waals surface area contributed by atoms with Crippen LogP contribution in [0.1, 0.15) is 63.9 Å². The van der Waals surface area contributed by atoms with Crippen molar-refractivity contribution < 1.29 is 24.5 Å². The lowest BCUT2D eigenvalue weighted by atomic mass is 9.85. The fourth-order valence-electron chi connectivity index (χ4n) is 4.89. The topological polar surface area (TPSA) is 76.0 Å². The van der Waals surface area contributed by atoms with Gasteiger partial charge in [-0.25, -0.2) is 0 Å². The minimum Gasteiger partial charge on any atom is -0.460 e. The predicted octanol–water partition coefficient (Wildman–Crippen LogP) is 3.65. The van der Waals surface area contributed by atoms with E-state index in [1.165, 1.54) is 5.56 Å². The van der Waals surface area contributed by atoms with Crippen LogP contribution in [0.3, 0.4) is 0 Å². The Morgan fingerprint density at radius 2 is 2.03 bits per heavy atom. The Bertz CT molecular complexity index is 619. The smallest absolute Gasteiger partial charge is 0.306 e. The summed E-state index contributed by atoms with van der Waals surface area (Å²) in [4.78, 5) is 11.8. The van der Waals surface area contributed by atoms with Crippen molar-refractivity contribution in [1.82, 2.24) is 0 Å². The molecule has 29 heavy (non-hydrogen) atoms. The van der Waals surface area contributed by atoms with Crippen molar-refractivity contribution >= 4 is 5.97 Å². The Hall–Kier alpha value is -1.43. The van der Waals surface area contributed by atoms with E-state index >= 15 is 0 Å². The molecule has 1 aliphatic heterocycles. The molecule has 162 valence electrons. The highest BCUT2D eigenvalue weighted by Crippen LogP contribution is 2.42. The molecule has 1 aromatic rings. The number of ether oxygens (including phenoxy) is 2. The number of rotatable bonds is 9.